The van der Waals surface area contributed by atoms with Gasteiger partial charge in [0.2, 0.25) is 0 Å². The molecule has 0 aromatic heterocycles. The van der Waals surface area contributed by atoms with E-state index in [1.54, 1.807) is 0 Å². The number of hydrogen-bond acceptors (Lipinski definition) is 1. The predicted molar refractivity (Wildman–Crippen MR) is 79.7 cm³/mol. The van der Waals surface area contributed by atoms with Gasteiger partial charge >= 0.3 is 0 Å². The molecule has 106 valence electrons. The molecule has 1 nitrogen and oxygen atoms in total. The molecule has 0 bridgehead atoms. The predicted octanol–water partition coefficient (Wildman–Crippen LogP) is 4.47. The molecule has 0 amide bonds. The number of nitrogens with one attached hydrogen (secondary N) is 1. The van der Waals surface area contributed by atoms with E-state index in [2.05, 4.69) is 33.0 Å². The maximum Gasteiger partial charge on any atom is -0.00179 e. The third-order valence-electron chi connectivity index (χ3n) is 5.79. The van der Waals surface area contributed by atoms with Crippen LogP contribution in [0.1, 0.15) is 66.2 Å². The molecule has 0 radical (unpaired) electrons. The van der Waals surface area contributed by atoms with Gasteiger partial charge in [0, 0.05) is 0 Å². The van der Waals surface area contributed by atoms with E-state index < -0.39 is 0 Å². The minimum atomic E-state index is 0.531. The summed E-state index contributed by atoms with van der Waals surface area (Å²) in [5.74, 6) is 3.98. The summed E-state index contributed by atoms with van der Waals surface area (Å²) in [4.78, 5) is 0. The lowest BCUT2D eigenvalue weighted by atomic mass is 9.64. The highest BCUT2D eigenvalue weighted by Gasteiger charge is 2.36. The fraction of sp³-hybridized carbons (Fsp3) is 1.00. The van der Waals surface area contributed by atoms with Crippen molar-refractivity contribution >= 4 is 0 Å². The van der Waals surface area contributed by atoms with Gasteiger partial charge in [-0.25, -0.2) is 0 Å². The van der Waals surface area contributed by atoms with Crippen LogP contribution in [-0.2, 0) is 0 Å². The SMILES string of the molecule is CCC1CNCCC1C1CCC(C(C)(C)C)CC1. The molecule has 1 heteroatoms. The van der Waals surface area contributed by atoms with Gasteiger partial charge in [-0.3, -0.25) is 0 Å². The van der Waals surface area contributed by atoms with Crippen molar-refractivity contribution in [2.24, 2.45) is 29.1 Å². The molecule has 2 fully saturated rings. The molecule has 1 saturated carbocycles. The van der Waals surface area contributed by atoms with Gasteiger partial charge in [0.25, 0.3) is 0 Å². The Morgan fingerprint density at radius 3 is 2.22 bits per heavy atom. The Hall–Kier alpha value is -0.0400. The van der Waals surface area contributed by atoms with Crippen LogP contribution in [0.25, 0.3) is 0 Å². The first-order valence-corrected chi connectivity index (χ1v) is 8.23. The van der Waals surface area contributed by atoms with Gasteiger partial charge in [0.05, 0.1) is 0 Å². The second-order valence-corrected chi connectivity index (χ2v) is 7.80. The van der Waals surface area contributed by atoms with Crippen LogP contribution in [0, 0.1) is 29.1 Å². The van der Waals surface area contributed by atoms with Crippen molar-refractivity contribution in [2.75, 3.05) is 13.1 Å². The van der Waals surface area contributed by atoms with Crippen LogP contribution in [0.5, 0.6) is 0 Å². The van der Waals surface area contributed by atoms with Crippen molar-refractivity contribution in [3.05, 3.63) is 0 Å². The summed E-state index contributed by atoms with van der Waals surface area (Å²) < 4.78 is 0. The lowest BCUT2D eigenvalue weighted by Gasteiger charge is -2.43. The minimum Gasteiger partial charge on any atom is -0.316 e. The quantitative estimate of drug-likeness (QED) is 0.763. The van der Waals surface area contributed by atoms with E-state index in [9.17, 15) is 0 Å². The molecule has 18 heavy (non-hydrogen) atoms. The Morgan fingerprint density at radius 2 is 1.67 bits per heavy atom. The monoisotopic (exact) mass is 251 g/mol. The summed E-state index contributed by atoms with van der Waals surface area (Å²) in [6.45, 7) is 12.2. The van der Waals surface area contributed by atoms with E-state index in [1.165, 1.54) is 51.6 Å². The average molecular weight is 251 g/mol. The van der Waals surface area contributed by atoms with E-state index in [0.717, 1.165) is 23.7 Å². The van der Waals surface area contributed by atoms with Gasteiger partial charge in [-0.1, -0.05) is 34.1 Å². The first-order valence-electron chi connectivity index (χ1n) is 8.23. The average Bonchev–Trinajstić information content (AvgIpc) is 2.38. The molecule has 1 N–H and O–H groups in total. The molecule has 0 spiro atoms. The van der Waals surface area contributed by atoms with E-state index >= 15 is 0 Å². The minimum absolute atomic E-state index is 0.531. The van der Waals surface area contributed by atoms with Crippen molar-refractivity contribution in [1.29, 1.82) is 0 Å². The summed E-state index contributed by atoms with van der Waals surface area (Å²) in [6.07, 6.45) is 8.77. The number of hydrogen-bond donors (Lipinski definition) is 1. The summed E-state index contributed by atoms with van der Waals surface area (Å²) in [6, 6.07) is 0. The third kappa shape index (κ3) is 3.29. The van der Waals surface area contributed by atoms with Crippen molar-refractivity contribution in [3.8, 4) is 0 Å². The van der Waals surface area contributed by atoms with Gasteiger partial charge in [0.15, 0.2) is 0 Å². The van der Waals surface area contributed by atoms with Crippen LogP contribution in [-0.4, -0.2) is 13.1 Å². The zero-order valence-electron chi connectivity index (χ0n) is 13.0. The fourth-order valence-corrected chi connectivity index (χ4v) is 4.42. The molecular weight excluding hydrogens is 218 g/mol. The van der Waals surface area contributed by atoms with Crippen LogP contribution in [0.4, 0.5) is 0 Å². The van der Waals surface area contributed by atoms with Crippen molar-refractivity contribution < 1.29 is 0 Å². The van der Waals surface area contributed by atoms with Gasteiger partial charge < -0.3 is 5.32 Å². The fourth-order valence-electron chi connectivity index (χ4n) is 4.42. The van der Waals surface area contributed by atoms with E-state index in [-0.39, 0.29) is 0 Å². The largest absolute Gasteiger partial charge is 0.316 e. The molecule has 1 heterocycles. The van der Waals surface area contributed by atoms with Crippen LogP contribution < -0.4 is 5.32 Å². The maximum absolute atomic E-state index is 3.59. The zero-order chi connectivity index (χ0) is 13.2. The summed E-state index contributed by atoms with van der Waals surface area (Å²) in [5.41, 5.74) is 0.531. The molecule has 2 unspecified atom stereocenters. The third-order valence-corrected chi connectivity index (χ3v) is 5.79. The number of piperidine rings is 1. The molecule has 0 aromatic carbocycles. The molecule has 1 aliphatic carbocycles. The van der Waals surface area contributed by atoms with Crippen molar-refractivity contribution in [1.82, 2.24) is 5.32 Å². The molecule has 2 aliphatic rings. The van der Waals surface area contributed by atoms with E-state index in [1.807, 2.05) is 0 Å². The van der Waals surface area contributed by atoms with Crippen molar-refractivity contribution in [2.45, 2.75) is 66.2 Å². The maximum atomic E-state index is 3.59. The van der Waals surface area contributed by atoms with Gasteiger partial charge in [0.1, 0.15) is 0 Å². The Kier molecular flexibility index (Phi) is 4.75. The lowest BCUT2D eigenvalue weighted by Crippen LogP contribution is -2.41. The van der Waals surface area contributed by atoms with Crippen LogP contribution in [0.2, 0.25) is 0 Å². The van der Waals surface area contributed by atoms with Gasteiger partial charge in [-0.2, -0.15) is 0 Å². The highest BCUT2D eigenvalue weighted by Crippen LogP contribution is 2.44. The Balaban J connectivity index is 1.88. The molecule has 1 saturated heterocycles. The van der Waals surface area contributed by atoms with Crippen LogP contribution in [0.15, 0.2) is 0 Å². The standard InChI is InChI=1S/C17H33N/c1-5-13-12-18-11-10-16(13)14-6-8-15(9-7-14)17(2,3)4/h13-16,18H,5-12H2,1-4H3. The first kappa shape index (κ1) is 14.4. The van der Waals surface area contributed by atoms with Gasteiger partial charge in [-0.05, 0) is 74.3 Å². The normalized spacial score (nSPS) is 38.7. The van der Waals surface area contributed by atoms with Crippen molar-refractivity contribution in [3.63, 3.8) is 0 Å². The summed E-state index contributed by atoms with van der Waals surface area (Å²) in [7, 11) is 0. The highest BCUT2D eigenvalue weighted by molar-refractivity contribution is 4.87. The zero-order valence-corrected chi connectivity index (χ0v) is 13.0. The van der Waals surface area contributed by atoms with Gasteiger partial charge in [-0.15, -0.1) is 0 Å². The van der Waals surface area contributed by atoms with E-state index in [4.69, 9.17) is 0 Å². The molecular formula is C17H33N. The molecule has 0 aromatic rings. The molecule has 2 atom stereocenters. The smallest absolute Gasteiger partial charge is 0.00179 e. The van der Waals surface area contributed by atoms with Crippen LogP contribution in [0.3, 0.4) is 0 Å². The second kappa shape index (κ2) is 5.94. The van der Waals surface area contributed by atoms with Crippen LogP contribution >= 0.6 is 0 Å². The number of rotatable bonds is 2. The lowest BCUT2D eigenvalue weighted by molar-refractivity contribution is 0.0845. The summed E-state index contributed by atoms with van der Waals surface area (Å²) >= 11 is 0. The summed E-state index contributed by atoms with van der Waals surface area (Å²) in [5, 5.41) is 3.59. The highest BCUT2D eigenvalue weighted by atomic mass is 14.9. The molecule has 2 rings (SSSR count). The Bertz CT molecular complexity index is 245. The topological polar surface area (TPSA) is 12.0 Å². The first-order chi connectivity index (χ1) is 8.52. The Morgan fingerprint density at radius 1 is 1.00 bits per heavy atom. The second-order valence-electron chi connectivity index (χ2n) is 7.80. The van der Waals surface area contributed by atoms with E-state index in [0.29, 0.717) is 5.41 Å². The molecule has 1 aliphatic heterocycles. The Labute approximate surface area is 114 Å².